The number of carboxylic acid groups (broad SMARTS) is 2. The first-order valence-corrected chi connectivity index (χ1v) is 2.36. The number of rotatable bonds is 4. The maximum absolute atomic E-state index is 9.87. The summed E-state index contributed by atoms with van der Waals surface area (Å²) in [6.07, 6.45) is 0. The number of hydrogen-bond acceptors (Lipinski definition) is 3. The number of ether oxygens (including phenoxy) is 1. The lowest BCUT2D eigenvalue weighted by atomic mass is 10.0. The highest BCUT2D eigenvalue weighted by Crippen LogP contribution is 1.84. The van der Waals surface area contributed by atoms with Gasteiger partial charge in [-0.3, -0.25) is 4.79 Å². The molecule has 10 heavy (non-hydrogen) atoms. The highest BCUT2D eigenvalue weighted by Gasteiger charge is 2.11. The van der Waals surface area contributed by atoms with Gasteiger partial charge < -0.3 is 14.9 Å². The van der Waals surface area contributed by atoms with Crippen LogP contribution >= 0.6 is 0 Å². The molecule has 2 radical (unpaired) electrons. The summed E-state index contributed by atoms with van der Waals surface area (Å²) < 4.78 is 4.14. The molecule has 0 rings (SSSR count). The predicted octanol–water partition coefficient (Wildman–Crippen LogP) is -1.33. The van der Waals surface area contributed by atoms with E-state index in [0.717, 1.165) is 0 Å². The Balaban J connectivity index is 3.49. The van der Waals surface area contributed by atoms with E-state index in [-0.39, 0.29) is 0 Å². The molecule has 0 bridgehead atoms. The molecule has 0 aromatic heterocycles. The Bertz CT molecular complexity index is 145. The fourth-order valence-corrected chi connectivity index (χ4v) is 0.232. The van der Waals surface area contributed by atoms with Crippen molar-refractivity contribution in [2.45, 2.75) is 6.00 Å². The van der Waals surface area contributed by atoms with Crippen LogP contribution in [0.3, 0.4) is 0 Å². The monoisotopic (exact) mass is 144 g/mol. The summed E-state index contributed by atoms with van der Waals surface area (Å²) >= 11 is 0. The normalized spacial score (nSPS) is 12.4. The topological polar surface area (TPSA) is 83.8 Å². The fraction of sp³-hybridized carbons (Fsp3) is 0.500. The molecule has 0 saturated carbocycles. The second kappa shape index (κ2) is 3.89. The standard InChI is InChI=1S/C4H5BO5/c5-3(4(8)9)10-1-2(6)7/h3H,1H2,(H,6,7)(H,8,9). The zero-order chi connectivity index (χ0) is 8.15. The van der Waals surface area contributed by atoms with Crippen molar-refractivity contribution in [1.29, 1.82) is 0 Å². The molecule has 0 aromatic rings. The Morgan fingerprint density at radius 1 is 1.50 bits per heavy atom. The van der Waals surface area contributed by atoms with Crippen LogP contribution in [-0.4, -0.2) is 42.6 Å². The van der Waals surface area contributed by atoms with Crippen LogP contribution in [0.5, 0.6) is 0 Å². The summed E-state index contributed by atoms with van der Waals surface area (Å²) in [6.45, 7) is -0.701. The molecule has 6 heteroatoms. The van der Waals surface area contributed by atoms with Crippen molar-refractivity contribution >= 4 is 19.8 Å². The van der Waals surface area contributed by atoms with Gasteiger partial charge in [0, 0.05) is 0 Å². The van der Waals surface area contributed by atoms with E-state index in [1.165, 1.54) is 0 Å². The zero-order valence-corrected chi connectivity index (χ0v) is 4.98. The second-order valence-corrected chi connectivity index (χ2v) is 1.46. The van der Waals surface area contributed by atoms with Crippen molar-refractivity contribution in [3.63, 3.8) is 0 Å². The number of carboxylic acids is 2. The molecule has 0 aliphatic rings. The average molecular weight is 144 g/mol. The number of carbonyl (C=O) groups is 2. The minimum absolute atomic E-state index is 0.701. The quantitative estimate of drug-likeness (QED) is 0.477. The van der Waals surface area contributed by atoms with Crippen LogP contribution in [0.25, 0.3) is 0 Å². The molecule has 0 aliphatic carbocycles. The van der Waals surface area contributed by atoms with Gasteiger partial charge in [-0.1, -0.05) is 0 Å². The van der Waals surface area contributed by atoms with Crippen LogP contribution < -0.4 is 0 Å². The molecule has 0 spiro atoms. The van der Waals surface area contributed by atoms with Gasteiger partial charge in [-0.2, -0.15) is 0 Å². The third-order valence-corrected chi connectivity index (χ3v) is 0.630. The van der Waals surface area contributed by atoms with Gasteiger partial charge in [-0.15, -0.1) is 0 Å². The molecule has 0 heterocycles. The van der Waals surface area contributed by atoms with Gasteiger partial charge in [0.05, 0.1) is 0 Å². The maximum Gasteiger partial charge on any atom is 0.329 e. The van der Waals surface area contributed by atoms with E-state index in [2.05, 4.69) is 4.74 Å². The molecule has 1 unspecified atom stereocenters. The van der Waals surface area contributed by atoms with E-state index in [4.69, 9.17) is 18.1 Å². The maximum atomic E-state index is 9.87. The molecule has 54 valence electrons. The van der Waals surface area contributed by atoms with E-state index in [0.29, 0.717) is 0 Å². The van der Waals surface area contributed by atoms with Crippen LogP contribution in [0.4, 0.5) is 0 Å². The smallest absolute Gasteiger partial charge is 0.329 e. The molecule has 1 atom stereocenters. The predicted molar refractivity (Wildman–Crippen MR) is 30.8 cm³/mol. The molecule has 0 aliphatic heterocycles. The number of aliphatic carboxylic acids is 2. The SMILES string of the molecule is [B]C(OCC(=O)O)C(=O)O. The van der Waals surface area contributed by atoms with Crippen LogP contribution in [0, 0.1) is 0 Å². The van der Waals surface area contributed by atoms with Gasteiger partial charge in [-0.25, -0.2) is 4.79 Å². The highest BCUT2D eigenvalue weighted by atomic mass is 16.5. The van der Waals surface area contributed by atoms with Crippen LogP contribution in [0.2, 0.25) is 0 Å². The molecule has 0 amide bonds. The first-order valence-electron chi connectivity index (χ1n) is 2.36. The summed E-state index contributed by atoms with van der Waals surface area (Å²) in [5, 5.41) is 16.0. The Labute approximate surface area is 58.0 Å². The second-order valence-electron chi connectivity index (χ2n) is 1.46. The van der Waals surface area contributed by atoms with Gasteiger partial charge in [0.1, 0.15) is 20.5 Å². The van der Waals surface area contributed by atoms with Gasteiger partial charge in [0.2, 0.25) is 0 Å². The van der Waals surface area contributed by atoms with Gasteiger partial charge >= 0.3 is 11.9 Å². The Hall–Kier alpha value is -1.04. The van der Waals surface area contributed by atoms with Crippen LogP contribution in [0.1, 0.15) is 0 Å². The first kappa shape index (κ1) is 8.96. The van der Waals surface area contributed by atoms with Crippen molar-refractivity contribution in [3.05, 3.63) is 0 Å². The molecule has 0 saturated heterocycles. The molecule has 5 nitrogen and oxygen atoms in total. The van der Waals surface area contributed by atoms with Crippen molar-refractivity contribution < 1.29 is 24.5 Å². The Morgan fingerprint density at radius 2 is 2.00 bits per heavy atom. The first-order chi connectivity index (χ1) is 4.54. The molecule has 0 aromatic carbocycles. The highest BCUT2D eigenvalue weighted by molar-refractivity contribution is 6.21. The minimum Gasteiger partial charge on any atom is -0.480 e. The summed E-state index contributed by atoms with van der Waals surface area (Å²) in [4.78, 5) is 19.6. The van der Waals surface area contributed by atoms with Gasteiger partial charge in [-0.05, 0) is 0 Å². The van der Waals surface area contributed by atoms with Gasteiger partial charge in [0.15, 0.2) is 0 Å². The lowest BCUT2D eigenvalue weighted by Gasteiger charge is -2.04. The Kier molecular flexibility index (Phi) is 3.49. The van der Waals surface area contributed by atoms with Crippen molar-refractivity contribution in [2.75, 3.05) is 6.61 Å². The van der Waals surface area contributed by atoms with E-state index < -0.39 is 24.5 Å². The average Bonchev–Trinajstić information content (AvgIpc) is 1.82. The minimum atomic E-state index is -1.56. The summed E-state index contributed by atoms with van der Waals surface area (Å²) in [7, 11) is 4.78. The third kappa shape index (κ3) is 3.91. The summed E-state index contributed by atoms with van der Waals surface area (Å²) in [5.41, 5.74) is 0. The van der Waals surface area contributed by atoms with Gasteiger partial charge in [0.25, 0.3) is 0 Å². The summed E-state index contributed by atoms with van der Waals surface area (Å²) in [6, 6.07) is -1.56. The van der Waals surface area contributed by atoms with E-state index in [1.54, 1.807) is 0 Å². The lowest BCUT2D eigenvalue weighted by Crippen LogP contribution is -2.26. The van der Waals surface area contributed by atoms with Crippen molar-refractivity contribution in [1.82, 2.24) is 0 Å². The third-order valence-electron chi connectivity index (χ3n) is 0.630. The van der Waals surface area contributed by atoms with Crippen molar-refractivity contribution in [3.8, 4) is 0 Å². The zero-order valence-electron chi connectivity index (χ0n) is 4.98. The van der Waals surface area contributed by atoms with Crippen LogP contribution in [0.15, 0.2) is 0 Å². The van der Waals surface area contributed by atoms with E-state index in [9.17, 15) is 9.59 Å². The lowest BCUT2D eigenvalue weighted by molar-refractivity contribution is -0.151. The fourth-order valence-electron chi connectivity index (χ4n) is 0.232. The molecule has 2 N–H and O–H groups in total. The van der Waals surface area contributed by atoms with E-state index in [1.807, 2.05) is 0 Å². The largest absolute Gasteiger partial charge is 0.480 e. The van der Waals surface area contributed by atoms with E-state index >= 15 is 0 Å². The molecule has 0 fully saturated rings. The number of hydrogen-bond donors (Lipinski definition) is 2. The molecular formula is C4H5BO5. The molecular weight excluding hydrogens is 139 g/mol. The summed E-state index contributed by atoms with van der Waals surface area (Å²) in [5.74, 6) is -2.64. The van der Waals surface area contributed by atoms with Crippen molar-refractivity contribution in [2.24, 2.45) is 0 Å². The van der Waals surface area contributed by atoms with Crippen LogP contribution in [-0.2, 0) is 14.3 Å². The Morgan fingerprint density at radius 3 is 2.30 bits per heavy atom.